The van der Waals surface area contributed by atoms with Crippen LogP contribution in [-0.4, -0.2) is 54.6 Å². The van der Waals surface area contributed by atoms with Crippen molar-refractivity contribution in [1.82, 2.24) is 15.6 Å². The molecule has 0 spiro atoms. The number of amidine groups is 2. The van der Waals surface area contributed by atoms with E-state index in [4.69, 9.17) is 0 Å². The van der Waals surface area contributed by atoms with Crippen LogP contribution < -0.4 is 21.3 Å². The smallest absolute Gasteiger partial charge is 0.257 e. The molecule has 10 heteroatoms. The average Bonchev–Trinajstić information content (AvgIpc) is 3.60. The van der Waals surface area contributed by atoms with Crippen molar-refractivity contribution in [2.45, 2.75) is 0 Å². The Morgan fingerprint density at radius 3 is 1.49 bits per heavy atom. The van der Waals surface area contributed by atoms with Crippen molar-refractivity contribution in [3.8, 4) is 0 Å². The van der Waals surface area contributed by atoms with E-state index in [-0.39, 0.29) is 24.2 Å². The van der Waals surface area contributed by atoms with E-state index in [2.05, 4.69) is 36.2 Å². The minimum atomic E-state index is -0.347. The summed E-state index contributed by atoms with van der Waals surface area (Å²) in [7, 11) is 0. The largest absolute Gasteiger partial charge is 0.368 e. The molecule has 3 aromatic rings. The lowest BCUT2D eigenvalue weighted by molar-refractivity contribution is 0.102. The van der Waals surface area contributed by atoms with Gasteiger partial charge in [0.25, 0.3) is 11.8 Å². The number of aromatic nitrogens is 1. The number of aliphatic imine (C=N–C) groups is 2. The summed E-state index contributed by atoms with van der Waals surface area (Å²) < 4.78 is 0. The number of nitrogens with zero attached hydrogens (tertiary/aromatic N) is 3. The molecule has 35 heavy (non-hydrogen) atoms. The molecule has 3 heterocycles. The van der Waals surface area contributed by atoms with Crippen LogP contribution in [0, 0.1) is 0 Å². The van der Waals surface area contributed by atoms with Gasteiger partial charge in [-0.25, -0.2) is 0 Å². The van der Waals surface area contributed by atoms with Crippen molar-refractivity contribution in [2.75, 3.05) is 36.8 Å². The second-order valence-corrected chi connectivity index (χ2v) is 7.84. The van der Waals surface area contributed by atoms with E-state index >= 15 is 0 Å². The molecule has 4 N–H and O–H groups in total. The summed E-state index contributed by atoms with van der Waals surface area (Å²) in [6.07, 6.45) is 2.86. The monoisotopic (exact) mass is 489 g/mol. The molecule has 2 amide bonds. The number of pyridine rings is 1. The Morgan fingerprint density at radius 1 is 0.686 bits per heavy atom. The van der Waals surface area contributed by atoms with E-state index in [0.29, 0.717) is 22.5 Å². The Labute approximate surface area is 208 Å². The molecule has 5 rings (SSSR count). The lowest BCUT2D eigenvalue weighted by Crippen LogP contribution is -2.19. The molecule has 178 valence electrons. The maximum absolute atomic E-state index is 12.7. The highest BCUT2D eigenvalue weighted by molar-refractivity contribution is 6.09. The van der Waals surface area contributed by atoms with Crippen LogP contribution in [0.4, 0.5) is 11.4 Å². The van der Waals surface area contributed by atoms with Crippen molar-refractivity contribution >= 4 is 47.3 Å². The number of carbonyl (C=O) groups is 2. The van der Waals surface area contributed by atoms with Gasteiger partial charge in [-0.1, -0.05) is 0 Å². The zero-order valence-corrected chi connectivity index (χ0v) is 19.6. The van der Waals surface area contributed by atoms with Crippen LogP contribution in [0.1, 0.15) is 31.8 Å². The van der Waals surface area contributed by atoms with Crippen LogP contribution in [0.2, 0.25) is 0 Å². The molecule has 0 unspecified atom stereocenters. The average molecular weight is 490 g/mol. The molecular weight excluding hydrogens is 466 g/mol. The number of rotatable bonds is 6. The van der Waals surface area contributed by atoms with E-state index in [1.807, 2.05) is 48.5 Å². The van der Waals surface area contributed by atoms with Gasteiger partial charge in [0.1, 0.15) is 11.7 Å². The molecule has 0 saturated heterocycles. The van der Waals surface area contributed by atoms with E-state index in [9.17, 15) is 9.59 Å². The van der Waals surface area contributed by atoms with Crippen LogP contribution in [0.25, 0.3) is 0 Å². The fourth-order valence-electron chi connectivity index (χ4n) is 3.70. The molecule has 0 aliphatic carbocycles. The molecule has 2 aromatic carbocycles. The lowest BCUT2D eigenvalue weighted by atomic mass is 10.1. The summed E-state index contributed by atoms with van der Waals surface area (Å²) in [5.41, 5.74) is 3.80. The first kappa shape index (κ1) is 23.9. The third kappa shape index (κ3) is 5.64. The molecule has 0 atom stereocenters. The van der Waals surface area contributed by atoms with Crippen LogP contribution in [0.5, 0.6) is 0 Å². The first-order valence-electron chi connectivity index (χ1n) is 11.0. The fourth-order valence-corrected chi connectivity index (χ4v) is 3.70. The molecule has 0 radical (unpaired) electrons. The van der Waals surface area contributed by atoms with Gasteiger partial charge in [0, 0.05) is 48.0 Å². The van der Waals surface area contributed by atoms with Crippen LogP contribution in [0.15, 0.2) is 77.0 Å². The maximum atomic E-state index is 12.7. The summed E-state index contributed by atoms with van der Waals surface area (Å²) >= 11 is 0. The number of benzene rings is 2. The van der Waals surface area contributed by atoms with Gasteiger partial charge in [-0.2, -0.15) is 0 Å². The van der Waals surface area contributed by atoms with Gasteiger partial charge in [0.05, 0.1) is 24.2 Å². The quantitative estimate of drug-likeness (QED) is 0.424. The third-order valence-electron chi connectivity index (χ3n) is 5.44. The second kappa shape index (κ2) is 10.8. The van der Waals surface area contributed by atoms with Crippen molar-refractivity contribution in [3.05, 3.63) is 89.2 Å². The predicted molar refractivity (Wildman–Crippen MR) is 139 cm³/mol. The van der Waals surface area contributed by atoms with Gasteiger partial charge >= 0.3 is 0 Å². The highest BCUT2D eigenvalue weighted by Crippen LogP contribution is 2.15. The Hall–Kier alpha value is -4.24. The van der Waals surface area contributed by atoms with Gasteiger partial charge in [0.2, 0.25) is 0 Å². The fraction of sp³-hybridized carbons (Fsp3) is 0.160. The normalized spacial score (nSPS) is 14.1. The van der Waals surface area contributed by atoms with Crippen molar-refractivity contribution in [2.24, 2.45) is 9.98 Å². The molecular formula is C25H24ClN7O2. The zero-order chi connectivity index (χ0) is 23.3. The van der Waals surface area contributed by atoms with Crippen molar-refractivity contribution < 1.29 is 9.59 Å². The van der Waals surface area contributed by atoms with Crippen LogP contribution >= 0.6 is 12.4 Å². The second-order valence-electron chi connectivity index (χ2n) is 7.84. The Morgan fingerprint density at radius 2 is 1.11 bits per heavy atom. The number of halogens is 1. The van der Waals surface area contributed by atoms with Crippen LogP contribution in [-0.2, 0) is 0 Å². The number of anilines is 2. The van der Waals surface area contributed by atoms with E-state index < -0.39 is 0 Å². The summed E-state index contributed by atoms with van der Waals surface area (Å²) in [6, 6.07) is 16.4. The van der Waals surface area contributed by atoms with Crippen molar-refractivity contribution in [1.29, 1.82) is 0 Å². The topological polar surface area (TPSA) is 120 Å². The third-order valence-corrected chi connectivity index (χ3v) is 5.44. The minimum absolute atomic E-state index is 0. The number of hydrogen-bond donors (Lipinski definition) is 4. The number of carbonyl (C=O) groups excluding carboxylic acids is 2. The van der Waals surface area contributed by atoms with Crippen molar-refractivity contribution in [3.63, 3.8) is 0 Å². The highest BCUT2D eigenvalue weighted by Gasteiger charge is 2.14. The number of amides is 2. The lowest BCUT2D eigenvalue weighted by Gasteiger charge is -2.09. The highest BCUT2D eigenvalue weighted by atomic mass is 35.5. The van der Waals surface area contributed by atoms with Gasteiger partial charge in [-0.05, 0) is 54.6 Å². The van der Waals surface area contributed by atoms with Crippen LogP contribution in [0.3, 0.4) is 0 Å². The zero-order valence-electron chi connectivity index (χ0n) is 18.7. The van der Waals surface area contributed by atoms with E-state index in [0.717, 1.165) is 49.0 Å². The molecule has 0 bridgehead atoms. The van der Waals surface area contributed by atoms with E-state index in [1.165, 1.54) is 18.5 Å². The number of hydrogen-bond acceptors (Lipinski definition) is 7. The van der Waals surface area contributed by atoms with Gasteiger partial charge < -0.3 is 21.3 Å². The molecule has 0 saturated carbocycles. The van der Waals surface area contributed by atoms with Gasteiger partial charge in [0.15, 0.2) is 0 Å². The SMILES string of the molecule is Cl.O=C(Nc1ccc(C2=NCCN2)cc1)c1cncc(C(=O)Nc2ccc(C3=NCCN3)cc2)c1. The molecule has 0 fully saturated rings. The van der Waals surface area contributed by atoms with E-state index in [1.54, 1.807) is 0 Å². The maximum Gasteiger partial charge on any atom is 0.257 e. The van der Waals surface area contributed by atoms with Gasteiger partial charge in [-0.15, -0.1) is 12.4 Å². The standard InChI is InChI=1S/C25H23N7O2.ClH/c33-24(31-20-5-1-16(2-6-20)22-27-9-10-28-22)18-13-19(15-26-14-18)25(34)32-21-7-3-17(4-8-21)23-29-11-12-30-23;/h1-8,13-15H,9-12H2,(H,27,28)(H,29,30)(H,31,33)(H,32,34);1H. The molecule has 9 nitrogen and oxygen atoms in total. The summed E-state index contributed by atoms with van der Waals surface area (Å²) in [6.45, 7) is 3.21. The first-order chi connectivity index (χ1) is 16.7. The molecule has 2 aliphatic rings. The first-order valence-corrected chi connectivity index (χ1v) is 11.0. The number of nitrogens with one attached hydrogen (secondary N) is 4. The minimum Gasteiger partial charge on any atom is -0.368 e. The molecule has 1 aromatic heterocycles. The van der Waals surface area contributed by atoms with Gasteiger partial charge in [-0.3, -0.25) is 24.6 Å². The summed E-state index contributed by atoms with van der Waals surface area (Å²) in [5.74, 6) is 1.03. The molecule has 2 aliphatic heterocycles. The predicted octanol–water partition coefficient (Wildman–Crippen LogP) is 2.71. The Bertz CT molecular complexity index is 1190. The summed E-state index contributed by atoms with van der Waals surface area (Å²) in [4.78, 5) is 38.3. The Balaban J connectivity index is 0.00000289. The Kier molecular flexibility index (Phi) is 7.37. The summed E-state index contributed by atoms with van der Waals surface area (Å²) in [5, 5.41) is 12.1.